The van der Waals surface area contributed by atoms with E-state index in [-0.39, 0.29) is 23.5 Å². The lowest BCUT2D eigenvalue weighted by Gasteiger charge is -2.73. The molecule has 182 valence electrons. The van der Waals surface area contributed by atoms with Gasteiger partial charge in [0.1, 0.15) is 0 Å². The van der Waals surface area contributed by atoms with Gasteiger partial charge in [-0.1, -0.05) is 46.8 Å². The maximum absolute atomic E-state index is 10.9. The lowest BCUT2D eigenvalue weighted by Crippen LogP contribution is -2.67. The molecule has 0 saturated heterocycles. The lowest BCUT2D eigenvalue weighted by atomic mass is 9.32. The molecule has 0 bridgehead atoms. The zero-order valence-corrected chi connectivity index (χ0v) is 21.8. The predicted molar refractivity (Wildman–Crippen MR) is 132 cm³/mol. The first-order valence-corrected chi connectivity index (χ1v) is 13.8. The second-order valence-corrected chi connectivity index (χ2v) is 14.6. The molecule has 32 heavy (non-hydrogen) atoms. The summed E-state index contributed by atoms with van der Waals surface area (Å²) in [6.45, 7) is 19.6. The molecule has 5 aliphatic carbocycles. The summed E-state index contributed by atoms with van der Waals surface area (Å²) in [5.41, 5.74) is 2.62. The Morgan fingerprint density at radius 3 is 2.19 bits per heavy atom. The Bertz CT molecular complexity index is 790. The summed E-state index contributed by atoms with van der Waals surface area (Å²) in [4.78, 5) is 0. The van der Waals surface area contributed by atoms with Crippen LogP contribution in [-0.4, -0.2) is 22.9 Å². The Balaban J connectivity index is 1.54. The van der Waals surface area contributed by atoms with E-state index in [4.69, 9.17) is 0 Å². The summed E-state index contributed by atoms with van der Waals surface area (Å²) >= 11 is 0. The Hall–Kier alpha value is -0.340. The second kappa shape index (κ2) is 7.09. The van der Waals surface area contributed by atoms with Crippen LogP contribution in [0.5, 0.6) is 0 Å². The number of aliphatic hydroxyl groups excluding tert-OH is 2. The van der Waals surface area contributed by atoms with Crippen molar-refractivity contribution >= 4 is 0 Å². The van der Waals surface area contributed by atoms with E-state index in [1.807, 2.05) is 0 Å². The second-order valence-electron chi connectivity index (χ2n) is 14.6. The zero-order valence-electron chi connectivity index (χ0n) is 21.8. The highest BCUT2D eigenvalue weighted by molar-refractivity contribution is 5.21. The van der Waals surface area contributed by atoms with Gasteiger partial charge in [0.05, 0.1) is 12.7 Å². The van der Waals surface area contributed by atoms with E-state index in [1.165, 1.54) is 56.9 Å². The van der Waals surface area contributed by atoms with Crippen molar-refractivity contribution in [2.75, 3.05) is 6.61 Å². The molecule has 0 unspecified atom stereocenters. The molecule has 0 aliphatic heterocycles. The molecular weight excluding hydrogens is 392 g/mol. The molecule has 2 heteroatoms. The van der Waals surface area contributed by atoms with E-state index in [2.05, 4.69) is 48.1 Å². The minimum atomic E-state index is -0.355. The third-order valence-electron chi connectivity index (χ3n) is 13.6. The first-order valence-electron chi connectivity index (χ1n) is 13.8. The Morgan fingerprint density at radius 2 is 1.53 bits per heavy atom. The number of aliphatic hydroxyl groups is 2. The van der Waals surface area contributed by atoms with Gasteiger partial charge in [-0.25, -0.2) is 0 Å². The van der Waals surface area contributed by atoms with Gasteiger partial charge >= 0.3 is 0 Å². The average molecular weight is 443 g/mol. The molecule has 2 nitrogen and oxygen atoms in total. The van der Waals surface area contributed by atoms with Gasteiger partial charge in [-0.3, -0.25) is 0 Å². The molecule has 5 rings (SSSR count). The lowest BCUT2D eigenvalue weighted by molar-refractivity contribution is -0.253. The first kappa shape index (κ1) is 23.4. The van der Waals surface area contributed by atoms with Crippen LogP contribution >= 0.6 is 0 Å². The fourth-order valence-electron chi connectivity index (χ4n) is 11.5. The largest absolute Gasteiger partial charge is 0.396 e. The monoisotopic (exact) mass is 442 g/mol. The van der Waals surface area contributed by atoms with Crippen molar-refractivity contribution in [3.8, 4) is 0 Å². The molecule has 0 radical (unpaired) electrons. The fraction of sp³-hybridized carbons (Fsp3) is 0.933. The van der Waals surface area contributed by atoms with Crippen LogP contribution in [0.2, 0.25) is 0 Å². The zero-order chi connectivity index (χ0) is 23.3. The standard InChI is InChI=1S/C30H50O2/c1-19(2)20-10-13-26(3)16-17-29(6)21(25(20)26)8-9-23-27(4)14-12-24(32)28(5,18-31)22(27)11-15-30(23,29)7/h20-25,31-32H,1,8-18H2,2-7H3/t20-,21+,22+,23+,24-,25+,26+,27-,28-,29+,30+/m1/s1. The summed E-state index contributed by atoms with van der Waals surface area (Å²) in [5.74, 6) is 3.51. The van der Waals surface area contributed by atoms with Crippen molar-refractivity contribution in [2.45, 2.75) is 112 Å². The molecule has 0 aromatic heterocycles. The van der Waals surface area contributed by atoms with E-state index < -0.39 is 0 Å². The van der Waals surface area contributed by atoms with Gasteiger partial charge in [-0.2, -0.15) is 0 Å². The quantitative estimate of drug-likeness (QED) is 0.452. The van der Waals surface area contributed by atoms with E-state index in [9.17, 15) is 10.2 Å². The molecule has 0 spiro atoms. The summed E-state index contributed by atoms with van der Waals surface area (Å²) in [5, 5.41) is 21.3. The summed E-state index contributed by atoms with van der Waals surface area (Å²) in [6, 6.07) is 0. The van der Waals surface area contributed by atoms with Crippen LogP contribution in [-0.2, 0) is 0 Å². The fourth-order valence-corrected chi connectivity index (χ4v) is 11.5. The van der Waals surface area contributed by atoms with Crippen molar-refractivity contribution in [1.82, 2.24) is 0 Å². The number of hydrogen-bond acceptors (Lipinski definition) is 2. The molecule has 0 heterocycles. The highest BCUT2D eigenvalue weighted by atomic mass is 16.3. The topological polar surface area (TPSA) is 40.5 Å². The van der Waals surface area contributed by atoms with Crippen LogP contribution in [0.1, 0.15) is 106 Å². The Morgan fingerprint density at radius 1 is 0.812 bits per heavy atom. The van der Waals surface area contributed by atoms with Crippen molar-refractivity contribution in [3.05, 3.63) is 12.2 Å². The minimum Gasteiger partial charge on any atom is -0.396 e. The van der Waals surface area contributed by atoms with Gasteiger partial charge in [0.2, 0.25) is 0 Å². The molecular formula is C30H50O2. The van der Waals surface area contributed by atoms with E-state index in [1.54, 1.807) is 0 Å². The summed E-state index contributed by atoms with van der Waals surface area (Å²) in [6.07, 6.45) is 12.3. The molecule has 5 fully saturated rings. The van der Waals surface area contributed by atoms with Crippen molar-refractivity contribution in [2.24, 2.45) is 56.7 Å². The summed E-state index contributed by atoms with van der Waals surface area (Å²) < 4.78 is 0. The van der Waals surface area contributed by atoms with Crippen LogP contribution in [0.4, 0.5) is 0 Å². The van der Waals surface area contributed by atoms with E-state index in [0.717, 1.165) is 30.6 Å². The van der Waals surface area contributed by atoms with E-state index in [0.29, 0.717) is 28.1 Å². The Labute approximate surface area is 197 Å². The first-order chi connectivity index (χ1) is 14.9. The van der Waals surface area contributed by atoms with Crippen LogP contribution in [0, 0.1) is 56.7 Å². The maximum atomic E-state index is 10.9. The molecule has 0 aromatic rings. The van der Waals surface area contributed by atoms with Crippen molar-refractivity contribution in [1.29, 1.82) is 0 Å². The molecule has 5 aliphatic rings. The third-order valence-corrected chi connectivity index (χ3v) is 13.6. The SMILES string of the molecule is C=C(C)[C@H]1CC[C@@]2(C)CC[C@@]3(C)[C@@H](CC[C@H]4[C@]5(C)CC[C@@H](O)[C@](C)(CO)[C@H]5CC[C@@]43C)[C@H]12. The number of hydrogen-bond donors (Lipinski definition) is 2. The van der Waals surface area contributed by atoms with Crippen molar-refractivity contribution < 1.29 is 10.2 Å². The van der Waals surface area contributed by atoms with Gasteiger partial charge < -0.3 is 10.2 Å². The van der Waals surface area contributed by atoms with Crippen molar-refractivity contribution in [3.63, 3.8) is 0 Å². The highest BCUT2D eigenvalue weighted by Crippen LogP contribution is 2.77. The van der Waals surface area contributed by atoms with Gasteiger partial charge in [0.25, 0.3) is 0 Å². The molecule has 11 atom stereocenters. The minimum absolute atomic E-state index is 0.123. The number of fused-ring (bicyclic) bond motifs is 7. The highest BCUT2D eigenvalue weighted by Gasteiger charge is 2.70. The van der Waals surface area contributed by atoms with Gasteiger partial charge in [-0.15, -0.1) is 0 Å². The smallest absolute Gasteiger partial charge is 0.0618 e. The number of allylic oxidation sites excluding steroid dienone is 1. The van der Waals surface area contributed by atoms with Crippen LogP contribution in [0.15, 0.2) is 12.2 Å². The van der Waals surface area contributed by atoms with E-state index >= 15 is 0 Å². The normalized spacial score (nSPS) is 59.5. The molecule has 2 N–H and O–H groups in total. The maximum Gasteiger partial charge on any atom is 0.0618 e. The van der Waals surface area contributed by atoms with Gasteiger partial charge in [0, 0.05) is 5.41 Å². The van der Waals surface area contributed by atoms with Crippen LogP contribution in [0.25, 0.3) is 0 Å². The van der Waals surface area contributed by atoms with Gasteiger partial charge in [0.15, 0.2) is 0 Å². The van der Waals surface area contributed by atoms with Crippen LogP contribution in [0.3, 0.4) is 0 Å². The molecule has 5 saturated carbocycles. The molecule has 0 aromatic carbocycles. The molecule has 0 amide bonds. The number of rotatable bonds is 2. The third kappa shape index (κ3) is 2.66. The predicted octanol–water partition coefficient (Wildman–Crippen LogP) is 7.00. The average Bonchev–Trinajstić information content (AvgIpc) is 3.09. The van der Waals surface area contributed by atoms with Crippen LogP contribution < -0.4 is 0 Å². The van der Waals surface area contributed by atoms with Gasteiger partial charge in [-0.05, 0) is 122 Å². The Kier molecular flexibility index (Phi) is 5.19. The summed E-state index contributed by atoms with van der Waals surface area (Å²) in [7, 11) is 0.